The van der Waals surface area contributed by atoms with Crippen molar-refractivity contribution in [1.29, 1.82) is 0 Å². The Bertz CT molecular complexity index is 1010. The number of pyridine rings is 1. The molecule has 4 nitrogen and oxygen atoms in total. The minimum atomic E-state index is -4.45. The Hall–Kier alpha value is -2.83. The van der Waals surface area contributed by atoms with E-state index in [0.717, 1.165) is 29.8 Å². The molecule has 154 valence electrons. The summed E-state index contributed by atoms with van der Waals surface area (Å²) in [6, 6.07) is 8.94. The van der Waals surface area contributed by atoms with Crippen LogP contribution >= 0.6 is 0 Å². The fourth-order valence-electron chi connectivity index (χ4n) is 3.37. The van der Waals surface area contributed by atoms with E-state index >= 15 is 0 Å². The van der Waals surface area contributed by atoms with E-state index < -0.39 is 17.7 Å². The number of halogens is 3. The molecule has 0 bridgehead atoms. The summed E-state index contributed by atoms with van der Waals surface area (Å²) in [6.45, 7) is 5.78. The first kappa shape index (κ1) is 20.9. The van der Waals surface area contributed by atoms with Gasteiger partial charge in [-0.2, -0.15) is 13.2 Å². The highest BCUT2D eigenvalue weighted by Crippen LogP contribution is 2.34. The van der Waals surface area contributed by atoms with Crippen molar-refractivity contribution in [3.05, 3.63) is 71.2 Å². The Morgan fingerprint density at radius 3 is 2.69 bits per heavy atom. The lowest BCUT2D eigenvalue weighted by molar-refractivity contribution is -0.137. The average molecular weight is 403 g/mol. The number of nitrogens with zero attached hydrogens (tertiary/aromatic N) is 2. The molecule has 7 heteroatoms. The van der Waals surface area contributed by atoms with Gasteiger partial charge in [-0.15, -0.1) is 0 Å². The number of amides is 1. The van der Waals surface area contributed by atoms with E-state index in [1.54, 1.807) is 12.3 Å². The molecule has 0 saturated carbocycles. The second-order valence-electron chi connectivity index (χ2n) is 7.32. The van der Waals surface area contributed by atoms with Gasteiger partial charge in [0.1, 0.15) is 5.65 Å². The van der Waals surface area contributed by atoms with Gasteiger partial charge in [-0.25, -0.2) is 4.98 Å². The molecular weight excluding hydrogens is 379 g/mol. The highest BCUT2D eigenvalue weighted by molar-refractivity contribution is 5.77. The number of nitrogens with one attached hydrogen (secondary N) is 1. The number of rotatable bonds is 6. The molecule has 3 aromatic rings. The highest BCUT2D eigenvalue weighted by Gasteiger charge is 2.32. The highest BCUT2D eigenvalue weighted by atomic mass is 19.4. The largest absolute Gasteiger partial charge is 0.416 e. The van der Waals surface area contributed by atoms with Crippen LogP contribution in [0.1, 0.15) is 55.0 Å². The number of hydrogen-bond acceptors (Lipinski definition) is 2. The maximum Gasteiger partial charge on any atom is 0.416 e. The Kier molecular flexibility index (Phi) is 5.96. The zero-order valence-electron chi connectivity index (χ0n) is 16.6. The lowest BCUT2D eigenvalue weighted by Gasteiger charge is -2.20. The summed E-state index contributed by atoms with van der Waals surface area (Å²) in [4.78, 5) is 17.0. The smallest absolute Gasteiger partial charge is 0.354 e. The Balaban J connectivity index is 2.07. The molecule has 3 rings (SSSR count). The topological polar surface area (TPSA) is 46.4 Å². The molecular formula is C22H24F3N3O. The lowest BCUT2D eigenvalue weighted by Crippen LogP contribution is -2.33. The predicted octanol–water partition coefficient (Wildman–Crippen LogP) is 5.10. The van der Waals surface area contributed by atoms with Crippen LogP contribution in [0, 0.1) is 6.92 Å². The van der Waals surface area contributed by atoms with Crippen LogP contribution in [0.4, 0.5) is 13.2 Å². The molecule has 0 radical (unpaired) electrons. The van der Waals surface area contributed by atoms with Crippen molar-refractivity contribution >= 4 is 11.6 Å². The maximum absolute atomic E-state index is 13.3. The third kappa shape index (κ3) is 4.60. The summed E-state index contributed by atoms with van der Waals surface area (Å²) in [5, 5.41) is 2.91. The Morgan fingerprint density at radius 2 is 2.00 bits per heavy atom. The fraction of sp³-hybridized carbons (Fsp3) is 0.364. The maximum atomic E-state index is 13.3. The van der Waals surface area contributed by atoms with E-state index in [0.29, 0.717) is 11.3 Å². The number of aryl methyl sites for hydroxylation is 1. The molecule has 0 saturated heterocycles. The number of hydrogen-bond donors (Lipinski definition) is 1. The summed E-state index contributed by atoms with van der Waals surface area (Å²) in [5.74, 6) is -0.762. The van der Waals surface area contributed by atoms with Crippen LogP contribution in [0.3, 0.4) is 0 Å². The van der Waals surface area contributed by atoms with Gasteiger partial charge in [-0.1, -0.05) is 31.2 Å². The number of carbonyl (C=O) groups excluding carboxylic acids is 1. The number of fused-ring (bicyclic) bond motifs is 1. The second-order valence-corrected chi connectivity index (χ2v) is 7.32. The van der Waals surface area contributed by atoms with E-state index in [1.165, 1.54) is 6.07 Å². The van der Waals surface area contributed by atoms with Gasteiger partial charge >= 0.3 is 6.18 Å². The van der Waals surface area contributed by atoms with Crippen LogP contribution in [0.15, 0.2) is 48.8 Å². The van der Waals surface area contributed by atoms with Gasteiger partial charge in [0.15, 0.2) is 0 Å². The molecule has 2 heterocycles. The van der Waals surface area contributed by atoms with E-state index in [-0.39, 0.29) is 18.4 Å². The van der Waals surface area contributed by atoms with E-state index in [2.05, 4.69) is 10.3 Å². The van der Waals surface area contributed by atoms with Gasteiger partial charge in [0.25, 0.3) is 0 Å². The first-order valence-corrected chi connectivity index (χ1v) is 9.59. The quantitative estimate of drug-likeness (QED) is 0.623. The molecule has 0 fully saturated rings. The third-order valence-corrected chi connectivity index (χ3v) is 5.14. The number of carbonyl (C=O) groups is 1. The zero-order chi connectivity index (χ0) is 21.2. The molecule has 0 aliphatic rings. The molecule has 0 aliphatic carbocycles. The van der Waals surface area contributed by atoms with Gasteiger partial charge in [-0.05, 0) is 43.5 Å². The van der Waals surface area contributed by atoms with E-state index in [9.17, 15) is 18.0 Å². The van der Waals surface area contributed by atoms with Crippen molar-refractivity contribution < 1.29 is 18.0 Å². The zero-order valence-corrected chi connectivity index (χ0v) is 16.6. The van der Waals surface area contributed by atoms with Crippen molar-refractivity contribution in [3.63, 3.8) is 0 Å². The monoisotopic (exact) mass is 403 g/mol. The summed E-state index contributed by atoms with van der Waals surface area (Å²) < 4.78 is 41.6. The molecule has 29 heavy (non-hydrogen) atoms. The normalized spacial score (nSPS) is 14.0. The number of alkyl halides is 3. The molecule has 1 aromatic carbocycles. The molecule has 1 N–H and O–H groups in total. The first-order chi connectivity index (χ1) is 13.7. The fourth-order valence-corrected chi connectivity index (χ4v) is 3.37. The summed E-state index contributed by atoms with van der Waals surface area (Å²) in [6.07, 6.45) is -0.181. The van der Waals surface area contributed by atoms with Crippen LogP contribution in [0.25, 0.3) is 5.65 Å². The first-order valence-electron chi connectivity index (χ1n) is 9.59. The van der Waals surface area contributed by atoms with Crippen LogP contribution < -0.4 is 5.32 Å². The number of aromatic nitrogens is 2. The SMILES string of the molecule is CCC(C)NC(=O)CC(c1cccc(C(F)(F)F)c1)c1cnc2c(C)cccn12. The van der Waals surface area contributed by atoms with Gasteiger partial charge < -0.3 is 9.72 Å². The number of imidazole rings is 1. The third-order valence-electron chi connectivity index (χ3n) is 5.14. The molecule has 2 atom stereocenters. The van der Waals surface area contributed by atoms with Crippen LogP contribution in [-0.2, 0) is 11.0 Å². The van der Waals surface area contributed by atoms with Crippen molar-refractivity contribution in [3.8, 4) is 0 Å². The van der Waals surface area contributed by atoms with Crippen LogP contribution in [0.5, 0.6) is 0 Å². The van der Waals surface area contributed by atoms with Gasteiger partial charge in [0, 0.05) is 30.8 Å². The van der Waals surface area contributed by atoms with Crippen LogP contribution in [0.2, 0.25) is 0 Å². The molecule has 1 amide bonds. The van der Waals surface area contributed by atoms with Crippen molar-refractivity contribution in [1.82, 2.24) is 14.7 Å². The van der Waals surface area contributed by atoms with Gasteiger partial charge in [0.2, 0.25) is 5.91 Å². The molecule has 0 spiro atoms. The van der Waals surface area contributed by atoms with Gasteiger partial charge in [0.05, 0.1) is 11.3 Å². The van der Waals surface area contributed by atoms with Gasteiger partial charge in [-0.3, -0.25) is 4.79 Å². The second kappa shape index (κ2) is 8.27. The van der Waals surface area contributed by atoms with E-state index in [4.69, 9.17) is 0 Å². The summed E-state index contributed by atoms with van der Waals surface area (Å²) in [5.41, 5.74) is 2.06. The minimum absolute atomic E-state index is 0.00547. The Morgan fingerprint density at radius 1 is 1.24 bits per heavy atom. The average Bonchev–Trinajstić information content (AvgIpc) is 3.10. The summed E-state index contributed by atoms with van der Waals surface area (Å²) in [7, 11) is 0. The number of benzene rings is 1. The molecule has 2 unspecified atom stereocenters. The molecule has 0 aliphatic heterocycles. The van der Waals surface area contributed by atoms with Crippen molar-refractivity contribution in [2.75, 3.05) is 0 Å². The Labute approximate surface area is 167 Å². The summed E-state index contributed by atoms with van der Waals surface area (Å²) >= 11 is 0. The van der Waals surface area contributed by atoms with E-state index in [1.807, 2.05) is 43.5 Å². The predicted molar refractivity (Wildman–Crippen MR) is 106 cm³/mol. The lowest BCUT2D eigenvalue weighted by atomic mass is 9.91. The standard InChI is InChI=1S/C22H24F3N3O/c1-4-15(3)27-20(29)12-18(16-8-5-9-17(11-16)22(23,24)25)19-13-26-21-14(2)7-6-10-28(19)21/h5-11,13,15,18H,4,12H2,1-3H3,(H,27,29). The minimum Gasteiger partial charge on any atom is -0.354 e. The van der Waals surface area contributed by atoms with Crippen molar-refractivity contribution in [2.45, 2.75) is 51.7 Å². The molecule has 2 aromatic heterocycles. The van der Waals surface area contributed by atoms with Crippen molar-refractivity contribution in [2.24, 2.45) is 0 Å². The van der Waals surface area contributed by atoms with Crippen LogP contribution in [-0.4, -0.2) is 21.3 Å².